The Labute approximate surface area is 86.8 Å². The molecule has 2 heterocycles. The van der Waals surface area contributed by atoms with Crippen LogP contribution in [0.15, 0.2) is 18.5 Å². The predicted molar refractivity (Wildman–Crippen MR) is 53.4 cm³/mol. The first-order valence-electron chi connectivity index (χ1n) is 4.52. The summed E-state index contributed by atoms with van der Waals surface area (Å²) in [5.74, 6) is 5.51. The Kier molecular flexibility index (Phi) is 2.48. The van der Waals surface area contributed by atoms with Crippen LogP contribution in [0.4, 0.5) is 0 Å². The molecule has 2 aromatic rings. The van der Waals surface area contributed by atoms with E-state index in [4.69, 9.17) is 5.84 Å². The normalized spacial score (nSPS) is 13.0. The number of hydrazine groups is 1. The minimum absolute atomic E-state index is 0.189. The molecular formula is C8H13N7. The molecule has 0 fully saturated rings. The van der Waals surface area contributed by atoms with Gasteiger partial charge in [-0.05, 0) is 6.07 Å². The number of hydrogen-bond donors (Lipinski definition) is 2. The van der Waals surface area contributed by atoms with Gasteiger partial charge in [0, 0.05) is 20.3 Å². The van der Waals surface area contributed by atoms with Crippen LogP contribution in [-0.4, -0.2) is 24.8 Å². The van der Waals surface area contributed by atoms with Gasteiger partial charge in [0.2, 0.25) is 0 Å². The van der Waals surface area contributed by atoms with E-state index in [2.05, 4.69) is 20.8 Å². The van der Waals surface area contributed by atoms with Gasteiger partial charge in [-0.25, -0.2) is 5.43 Å². The molecule has 1 atom stereocenters. The zero-order valence-corrected chi connectivity index (χ0v) is 8.62. The highest BCUT2D eigenvalue weighted by molar-refractivity contribution is 5.18. The lowest BCUT2D eigenvalue weighted by Gasteiger charge is -2.12. The third-order valence-electron chi connectivity index (χ3n) is 2.24. The summed E-state index contributed by atoms with van der Waals surface area (Å²) in [5, 5.41) is 11.9. The molecule has 1 unspecified atom stereocenters. The number of aromatic nitrogens is 5. The molecule has 0 aromatic carbocycles. The van der Waals surface area contributed by atoms with E-state index in [1.807, 2.05) is 26.4 Å². The van der Waals surface area contributed by atoms with Crippen LogP contribution >= 0.6 is 0 Å². The Morgan fingerprint density at radius 1 is 1.47 bits per heavy atom. The number of rotatable bonds is 3. The number of nitrogens with zero attached hydrogens (tertiary/aromatic N) is 5. The second-order valence-corrected chi connectivity index (χ2v) is 3.30. The molecule has 7 heteroatoms. The first-order valence-corrected chi connectivity index (χ1v) is 4.52. The summed E-state index contributed by atoms with van der Waals surface area (Å²) in [6, 6.07) is 1.71. The molecule has 0 radical (unpaired) electrons. The first-order chi connectivity index (χ1) is 7.22. The molecule has 0 saturated heterocycles. The van der Waals surface area contributed by atoms with Crippen LogP contribution in [0.5, 0.6) is 0 Å². The van der Waals surface area contributed by atoms with Crippen LogP contribution < -0.4 is 11.3 Å². The standard InChI is InChI=1S/C8H13N7/c1-14-4-3-6(12-14)8(11-9)7-5-10-13-15(7)2/h3-5,8,11H,9H2,1-2H3. The summed E-state index contributed by atoms with van der Waals surface area (Å²) in [4.78, 5) is 0. The fourth-order valence-electron chi connectivity index (χ4n) is 1.47. The van der Waals surface area contributed by atoms with Gasteiger partial charge < -0.3 is 0 Å². The Morgan fingerprint density at radius 2 is 2.27 bits per heavy atom. The molecule has 0 spiro atoms. The lowest BCUT2D eigenvalue weighted by Crippen LogP contribution is -2.30. The van der Waals surface area contributed by atoms with Crippen molar-refractivity contribution in [3.05, 3.63) is 29.8 Å². The van der Waals surface area contributed by atoms with Crippen molar-refractivity contribution in [2.45, 2.75) is 6.04 Å². The van der Waals surface area contributed by atoms with Gasteiger partial charge in [-0.2, -0.15) is 5.10 Å². The molecule has 3 N–H and O–H groups in total. The molecule has 0 aliphatic rings. The predicted octanol–water partition coefficient (Wildman–Crippen LogP) is -0.899. The summed E-state index contributed by atoms with van der Waals surface area (Å²) < 4.78 is 3.39. The van der Waals surface area contributed by atoms with E-state index in [9.17, 15) is 0 Å². The lowest BCUT2D eigenvalue weighted by molar-refractivity contribution is 0.551. The van der Waals surface area contributed by atoms with Crippen LogP contribution in [0, 0.1) is 0 Å². The van der Waals surface area contributed by atoms with Crippen LogP contribution in [-0.2, 0) is 14.1 Å². The van der Waals surface area contributed by atoms with Gasteiger partial charge in [0.1, 0.15) is 6.04 Å². The molecule has 0 saturated carbocycles. The maximum Gasteiger partial charge on any atom is 0.108 e. The molecule has 2 aromatic heterocycles. The molecule has 15 heavy (non-hydrogen) atoms. The van der Waals surface area contributed by atoms with E-state index in [1.54, 1.807) is 15.6 Å². The van der Waals surface area contributed by atoms with Crippen LogP contribution in [0.1, 0.15) is 17.4 Å². The van der Waals surface area contributed by atoms with Crippen LogP contribution in [0.2, 0.25) is 0 Å². The summed E-state index contributed by atoms with van der Waals surface area (Å²) >= 11 is 0. The van der Waals surface area contributed by atoms with E-state index in [1.165, 1.54) is 0 Å². The van der Waals surface area contributed by atoms with Crippen molar-refractivity contribution < 1.29 is 0 Å². The molecule has 0 amide bonds. The summed E-state index contributed by atoms with van der Waals surface area (Å²) in [6.45, 7) is 0. The minimum Gasteiger partial charge on any atom is -0.275 e. The smallest absolute Gasteiger partial charge is 0.108 e. The van der Waals surface area contributed by atoms with Crippen molar-refractivity contribution in [2.75, 3.05) is 0 Å². The second-order valence-electron chi connectivity index (χ2n) is 3.30. The largest absolute Gasteiger partial charge is 0.275 e. The van der Waals surface area contributed by atoms with E-state index in [0.29, 0.717) is 0 Å². The topological polar surface area (TPSA) is 86.6 Å². The monoisotopic (exact) mass is 207 g/mol. The number of hydrogen-bond acceptors (Lipinski definition) is 5. The Morgan fingerprint density at radius 3 is 2.73 bits per heavy atom. The third kappa shape index (κ3) is 1.74. The van der Waals surface area contributed by atoms with Gasteiger partial charge in [0.25, 0.3) is 0 Å². The van der Waals surface area contributed by atoms with Crippen molar-refractivity contribution in [2.24, 2.45) is 19.9 Å². The highest BCUT2D eigenvalue weighted by Crippen LogP contribution is 2.17. The quantitative estimate of drug-likeness (QED) is 0.503. The Balaban J connectivity index is 2.36. The maximum atomic E-state index is 5.51. The van der Waals surface area contributed by atoms with Crippen LogP contribution in [0.25, 0.3) is 0 Å². The van der Waals surface area contributed by atoms with E-state index >= 15 is 0 Å². The molecule has 80 valence electrons. The minimum atomic E-state index is -0.189. The van der Waals surface area contributed by atoms with Crippen molar-refractivity contribution in [3.63, 3.8) is 0 Å². The van der Waals surface area contributed by atoms with E-state index in [-0.39, 0.29) is 6.04 Å². The van der Waals surface area contributed by atoms with Gasteiger partial charge in [-0.1, -0.05) is 5.21 Å². The number of nitrogens with one attached hydrogen (secondary N) is 1. The first kappa shape index (κ1) is 9.81. The molecular weight excluding hydrogens is 194 g/mol. The average molecular weight is 207 g/mol. The number of aryl methyl sites for hydroxylation is 2. The van der Waals surface area contributed by atoms with E-state index in [0.717, 1.165) is 11.4 Å². The number of nitrogens with two attached hydrogens (primary N) is 1. The fourth-order valence-corrected chi connectivity index (χ4v) is 1.47. The summed E-state index contributed by atoms with van der Waals surface area (Å²) in [7, 11) is 3.67. The zero-order chi connectivity index (χ0) is 10.8. The maximum absolute atomic E-state index is 5.51. The molecule has 0 aliphatic carbocycles. The van der Waals surface area contributed by atoms with Gasteiger partial charge in [0.05, 0.1) is 17.6 Å². The second kappa shape index (κ2) is 3.79. The average Bonchev–Trinajstić information content (AvgIpc) is 2.79. The summed E-state index contributed by atoms with van der Waals surface area (Å²) in [5.41, 5.74) is 4.41. The van der Waals surface area contributed by atoms with Gasteiger partial charge in [-0.15, -0.1) is 5.10 Å². The molecule has 2 rings (SSSR count). The lowest BCUT2D eigenvalue weighted by atomic mass is 10.1. The SMILES string of the molecule is Cn1ccc(C(NN)c2cnnn2C)n1. The fraction of sp³-hybridized carbons (Fsp3) is 0.375. The van der Waals surface area contributed by atoms with Crippen molar-refractivity contribution in [3.8, 4) is 0 Å². The van der Waals surface area contributed by atoms with Crippen molar-refractivity contribution >= 4 is 0 Å². The van der Waals surface area contributed by atoms with Gasteiger partial charge in [-0.3, -0.25) is 15.2 Å². The summed E-state index contributed by atoms with van der Waals surface area (Å²) in [6.07, 6.45) is 3.53. The Hall–Kier alpha value is -1.73. The van der Waals surface area contributed by atoms with Gasteiger partial charge in [0.15, 0.2) is 0 Å². The highest BCUT2D eigenvalue weighted by Gasteiger charge is 2.18. The molecule has 7 nitrogen and oxygen atoms in total. The van der Waals surface area contributed by atoms with Crippen molar-refractivity contribution in [1.29, 1.82) is 0 Å². The Bertz CT molecular complexity index is 443. The third-order valence-corrected chi connectivity index (χ3v) is 2.24. The van der Waals surface area contributed by atoms with Gasteiger partial charge >= 0.3 is 0 Å². The molecule has 0 aliphatic heterocycles. The molecule has 0 bridgehead atoms. The highest BCUT2D eigenvalue weighted by atomic mass is 15.4. The van der Waals surface area contributed by atoms with Crippen LogP contribution in [0.3, 0.4) is 0 Å². The van der Waals surface area contributed by atoms with E-state index < -0.39 is 0 Å². The zero-order valence-electron chi connectivity index (χ0n) is 8.62. The van der Waals surface area contributed by atoms with Crippen molar-refractivity contribution in [1.82, 2.24) is 30.2 Å².